The van der Waals surface area contributed by atoms with Crippen LogP contribution in [0.3, 0.4) is 0 Å². The summed E-state index contributed by atoms with van der Waals surface area (Å²) in [6.07, 6.45) is -1.07. The molecule has 0 bridgehead atoms. The molecular weight excluding hydrogens is 355 g/mol. The zero-order valence-electron chi connectivity index (χ0n) is 13.7. The molecule has 1 aromatic rings. The van der Waals surface area contributed by atoms with Crippen molar-refractivity contribution in [2.45, 2.75) is 43.9 Å². The minimum absolute atomic E-state index is 0.00563. The molecule has 2 heterocycles. The number of carbonyl (C=O) groups is 1. The Morgan fingerprint density at radius 1 is 1.20 bits per heavy atom. The molecule has 138 valence electrons. The van der Waals surface area contributed by atoms with E-state index in [0.29, 0.717) is 13.0 Å². The fraction of sp³-hybridized carbons (Fsp3) is 0.588. The summed E-state index contributed by atoms with van der Waals surface area (Å²) in [5.74, 6) is -0.0477. The van der Waals surface area contributed by atoms with Gasteiger partial charge in [0.05, 0.1) is 5.56 Å². The van der Waals surface area contributed by atoms with E-state index < -0.39 is 17.8 Å². The van der Waals surface area contributed by atoms with E-state index >= 15 is 0 Å². The second kappa shape index (κ2) is 7.41. The van der Waals surface area contributed by atoms with Crippen LogP contribution in [0.4, 0.5) is 18.9 Å². The maximum Gasteiger partial charge on any atom is 0.416 e. The van der Waals surface area contributed by atoms with Crippen molar-refractivity contribution >= 4 is 23.2 Å². The molecule has 1 amide bonds. The quantitative estimate of drug-likeness (QED) is 0.849. The second-order valence-electron chi connectivity index (χ2n) is 6.60. The minimum Gasteiger partial charge on any atom is -0.374 e. The summed E-state index contributed by atoms with van der Waals surface area (Å²) in [7, 11) is 0. The number of benzene rings is 1. The number of amides is 1. The van der Waals surface area contributed by atoms with E-state index in [9.17, 15) is 18.0 Å². The molecule has 0 unspecified atom stereocenters. The Morgan fingerprint density at radius 2 is 2.00 bits per heavy atom. The van der Waals surface area contributed by atoms with Gasteiger partial charge in [-0.2, -0.15) is 13.2 Å². The van der Waals surface area contributed by atoms with Crippen molar-refractivity contribution in [3.8, 4) is 0 Å². The van der Waals surface area contributed by atoms with Crippen LogP contribution in [0, 0.1) is 0 Å². The van der Waals surface area contributed by atoms with Gasteiger partial charge in [-0.05, 0) is 50.4 Å². The Labute approximate surface area is 149 Å². The topological polar surface area (TPSA) is 44.4 Å². The molecule has 2 saturated heterocycles. The third kappa shape index (κ3) is 4.39. The smallest absolute Gasteiger partial charge is 0.374 e. The molecule has 1 aromatic carbocycles. The van der Waals surface area contributed by atoms with Crippen LogP contribution in [-0.2, 0) is 11.0 Å². The number of carbonyl (C=O) groups excluding carboxylic acids is 1. The lowest BCUT2D eigenvalue weighted by Crippen LogP contribution is -2.55. The zero-order valence-corrected chi connectivity index (χ0v) is 14.5. The SMILES string of the molecule is O=C1[C@H](Nc2cc(Cl)cc(C(F)(F)F)c2)CCCN1[C@@H]1CCCNC1. The molecule has 0 aliphatic carbocycles. The molecule has 0 aromatic heterocycles. The number of halogens is 4. The van der Waals surface area contributed by atoms with E-state index in [4.69, 9.17) is 11.6 Å². The van der Waals surface area contributed by atoms with E-state index in [-0.39, 0.29) is 22.7 Å². The van der Waals surface area contributed by atoms with E-state index in [0.717, 1.165) is 44.5 Å². The number of piperidine rings is 2. The van der Waals surface area contributed by atoms with Crippen molar-refractivity contribution in [3.05, 3.63) is 28.8 Å². The van der Waals surface area contributed by atoms with Crippen molar-refractivity contribution in [1.29, 1.82) is 0 Å². The van der Waals surface area contributed by atoms with Crippen LogP contribution in [0.5, 0.6) is 0 Å². The molecule has 2 N–H and O–H groups in total. The largest absolute Gasteiger partial charge is 0.416 e. The Bertz CT molecular complexity index is 632. The number of hydrogen-bond donors (Lipinski definition) is 2. The van der Waals surface area contributed by atoms with Crippen molar-refractivity contribution < 1.29 is 18.0 Å². The molecule has 0 spiro atoms. The summed E-state index contributed by atoms with van der Waals surface area (Å²) < 4.78 is 38.8. The van der Waals surface area contributed by atoms with Crippen molar-refractivity contribution in [1.82, 2.24) is 10.2 Å². The van der Waals surface area contributed by atoms with E-state index in [1.165, 1.54) is 6.07 Å². The number of nitrogens with zero attached hydrogens (tertiary/aromatic N) is 1. The molecule has 2 fully saturated rings. The first-order valence-corrected chi connectivity index (χ1v) is 8.88. The van der Waals surface area contributed by atoms with Crippen molar-refractivity contribution in [2.75, 3.05) is 25.0 Å². The van der Waals surface area contributed by atoms with Crippen LogP contribution in [-0.4, -0.2) is 42.5 Å². The van der Waals surface area contributed by atoms with Crippen LogP contribution in [0.25, 0.3) is 0 Å². The van der Waals surface area contributed by atoms with Gasteiger partial charge in [0.1, 0.15) is 6.04 Å². The Kier molecular flexibility index (Phi) is 5.43. The van der Waals surface area contributed by atoms with E-state index in [1.807, 2.05) is 4.90 Å². The molecule has 2 atom stereocenters. The third-order valence-electron chi connectivity index (χ3n) is 4.75. The number of rotatable bonds is 3. The van der Waals surface area contributed by atoms with Gasteiger partial charge in [-0.3, -0.25) is 4.79 Å². The number of hydrogen-bond acceptors (Lipinski definition) is 3. The molecule has 25 heavy (non-hydrogen) atoms. The number of anilines is 1. The molecule has 8 heteroatoms. The summed E-state index contributed by atoms with van der Waals surface area (Å²) in [4.78, 5) is 14.6. The monoisotopic (exact) mass is 375 g/mol. The fourth-order valence-corrected chi connectivity index (χ4v) is 3.77. The standard InChI is InChI=1S/C17H21ClF3N3O/c18-12-7-11(17(19,20)21)8-13(9-12)23-15-4-2-6-24(16(15)25)14-3-1-5-22-10-14/h7-9,14-15,22-23H,1-6,10H2/t14-,15-/m1/s1. The van der Waals surface area contributed by atoms with Crippen LogP contribution in [0.15, 0.2) is 18.2 Å². The third-order valence-corrected chi connectivity index (χ3v) is 4.97. The highest BCUT2D eigenvalue weighted by molar-refractivity contribution is 6.31. The lowest BCUT2D eigenvalue weighted by molar-refractivity contribution is -0.137. The highest BCUT2D eigenvalue weighted by Crippen LogP contribution is 2.34. The second-order valence-corrected chi connectivity index (χ2v) is 7.03. The number of likely N-dealkylation sites (tertiary alicyclic amines) is 1. The highest BCUT2D eigenvalue weighted by atomic mass is 35.5. The molecule has 0 radical (unpaired) electrons. The number of nitrogens with one attached hydrogen (secondary N) is 2. The van der Waals surface area contributed by atoms with Crippen LogP contribution in [0.2, 0.25) is 5.02 Å². The van der Waals surface area contributed by atoms with Gasteiger partial charge >= 0.3 is 6.18 Å². The maximum absolute atomic E-state index is 12.9. The van der Waals surface area contributed by atoms with Gasteiger partial charge < -0.3 is 15.5 Å². The normalized spacial score (nSPS) is 25.1. The molecule has 2 aliphatic heterocycles. The lowest BCUT2D eigenvalue weighted by atomic mass is 9.98. The zero-order chi connectivity index (χ0) is 18.0. The average Bonchev–Trinajstić information content (AvgIpc) is 2.56. The van der Waals surface area contributed by atoms with Gasteiger partial charge in [0.15, 0.2) is 0 Å². The number of alkyl halides is 3. The molecule has 4 nitrogen and oxygen atoms in total. The Balaban J connectivity index is 1.73. The van der Waals surface area contributed by atoms with E-state index in [2.05, 4.69) is 10.6 Å². The fourth-order valence-electron chi connectivity index (χ4n) is 3.53. The first-order valence-electron chi connectivity index (χ1n) is 8.50. The van der Waals surface area contributed by atoms with Crippen LogP contribution >= 0.6 is 11.6 Å². The molecular formula is C17H21ClF3N3O. The van der Waals surface area contributed by atoms with Gasteiger partial charge in [-0.25, -0.2) is 0 Å². The first kappa shape index (κ1) is 18.3. The predicted molar refractivity (Wildman–Crippen MR) is 90.7 cm³/mol. The summed E-state index contributed by atoms with van der Waals surface area (Å²) >= 11 is 5.82. The molecule has 0 saturated carbocycles. The Hall–Kier alpha value is -1.47. The van der Waals surface area contributed by atoms with Crippen LogP contribution in [0.1, 0.15) is 31.2 Å². The Morgan fingerprint density at radius 3 is 2.68 bits per heavy atom. The summed E-state index contributed by atoms with van der Waals surface area (Å²) in [6.45, 7) is 2.43. The first-order chi connectivity index (χ1) is 11.8. The highest BCUT2D eigenvalue weighted by Gasteiger charge is 2.35. The van der Waals surface area contributed by atoms with Gasteiger partial charge in [0.25, 0.3) is 0 Å². The van der Waals surface area contributed by atoms with Gasteiger partial charge in [0.2, 0.25) is 5.91 Å². The van der Waals surface area contributed by atoms with Gasteiger partial charge in [-0.15, -0.1) is 0 Å². The predicted octanol–water partition coefficient (Wildman–Crippen LogP) is 3.51. The van der Waals surface area contributed by atoms with Crippen molar-refractivity contribution in [2.24, 2.45) is 0 Å². The minimum atomic E-state index is -4.47. The van der Waals surface area contributed by atoms with Gasteiger partial charge in [-0.1, -0.05) is 11.6 Å². The molecule has 3 rings (SSSR count). The lowest BCUT2D eigenvalue weighted by Gasteiger charge is -2.40. The van der Waals surface area contributed by atoms with E-state index in [1.54, 1.807) is 0 Å². The summed E-state index contributed by atoms with van der Waals surface area (Å²) in [6, 6.07) is 2.95. The molecule has 2 aliphatic rings. The van der Waals surface area contributed by atoms with Crippen LogP contribution < -0.4 is 10.6 Å². The average molecular weight is 376 g/mol. The summed E-state index contributed by atoms with van der Waals surface area (Å²) in [5, 5.41) is 6.24. The summed E-state index contributed by atoms with van der Waals surface area (Å²) in [5.41, 5.74) is -0.596. The maximum atomic E-state index is 12.9. The van der Waals surface area contributed by atoms with Gasteiger partial charge in [0, 0.05) is 29.8 Å². The van der Waals surface area contributed by atoms with Crippen molar-refractivity contribution in [3.63, 3.8) is 0 Å².